The fraction of sp³-hybridized carbons (Fsp3) is 0.250. The summed E-state index contributed by atoms with van der Waals surface area (Å²) < 4.78 is 0. The summed E-state index contributed by atoms with van der Waals surface area (Å²) in [6, 6.07) is 7.57. The first-order chi connectivity index (χ1) is 7.17. The lowest BCUT2D eigenvalue weighted by Gasteiger charge is -2.01. The van der Waals surface area contributed by atoms with Crippen molar-refractivity contribution < 1.29 is 9.90 Å². The highest BCUT2D eigenvalue weighted by molar-refractivity contribution is 5.92. The molecule has 15 heavy (non-hydrogen) atoms. The molecule has 0 unspecified atom stereocenters. The van der Waals surface area contributed by atoms with E-state index >= 15 is 0 Å². The van der Waals surface area contributed by atoms with E-state index in [1.807, 2.05) is 31.2 Å². The van der Waals surface area contributed by atoms with E-state index < -0.39 is 5.97 Å². The summed E-state index contributed by atoms with van der Waals surface area (Å²) in [5, 5.41) is 8.87. The second-order valence-corrected chi connectivity index (χ2v) is 3.28. The van der Waals surface area contributed by atoms with Crippen molar-refractivity contribution >= 4 is 12.0 Å². The predicted octanol–water partition coefficient (Wildman–Crippen LogP) is 2.02. The molecule has 0 radical (unpaired) electrons. The molecule has 1 aromatic rings. The second-order valence-electron chi connectivity index (χ2n) is 3.28. The third-order valence-electron chi connectivity index (χ3n) is 2.18. The molecule has 0 aliphatic carbocycles. The smallest absolute Gasteiger partial charge is 0.331 e. The number of nitrogens with two attached hydrogens (primary N) is 1. The van der Waals surface area contributed by atoms with Gasteiger partial charge >= 0.3 is 5.97 Å². The number of rotatable bonds is 4. The zero-order valence-electron chi connectivity index (χ0n) is 8.73. The zero-order valence-corrected chi connectivity index (χ0v) is 8.73. The third kappa shape index (κ3) is 3.22. The molecule has 0 atom stereocenters. The highest BCUT2D eigenvalue weighted by Gasteiger charge is 2.03. The summed E-state index contributed by atoms with van der Waals surface area (Å²) in [7, 11) is 0. The Morgan fingerprint density at radius 3 is 2.80 bits per heavy atom. The van der Waals surface area contributed by atoms with Gasteiger partial charge in [0.1, 0.15) is 0 Å². The van der Waals surface area contributed by atoms with Crippen molar-refractivity contribution in [2.45, 2.75) is 19.9 Å². The van der Waals surface area contributed by atoms with E-state index in [0.717, 1.165) is 11.1 Å². The molecule has 0 fully saturated rings. The van der Waals surface area contributed by atoms with Crippen LogP contribution in [0.3, 0.4) is 0 Å². The van der Waals surface area contributed by atoms with Gasteiger partial charge in [0, 0.05) is 12.1 Å². The van der Waals surface area contributed by atoms with Crippen LogP contribution in [0.4, 0.5) is 0 Å². The van der Waals surface area contributed by atoms with Gasteiger partial charge in [0.15, 0.2) is 0 Å². The maximum Gasteiger partial charge on any atom is 0.331 e. The van der Waals surface area contributed by atoms with Crippen LogP contribution in [0.2, 0.25) is 0 Å². The number of carboxylic acids is 1. The van der Waals surface area contributed by atoms with Crippen LogP contribution in [0.15, 0.2) is 29.8 Å². The summed E-state index contributed by atoms with van der Waals surface area (Å²) in [5.41, 5.74) is 7.80. The quantitative estimate of drug-likeness (QED) is 0.739. The van der Waals surface area contributed by atoms with Gasteiger partial charge < -0.3 is 10.8 Å². The van der Waals surface area contributed by atoms with Crippen LogP contribution in [0, 0.1) is 0 Å². The van der Waals surface area contributed by atoms with Gasteiger partial charge in [0.05, 0.1) is 0 Å². The van der Waals surface area contributed by atoms with E-state index in [-0.39, 0.29) is 0 Å². The topological polar surface area (TPSA) is 63.3 Å². The Kier molecular flexibility index (Phi) is 4.06. The van der Waals surface area contributed by atoms with E-state index in [1.165, 1.54) is 0 Å². The summed E-state index contributed by atoms with van der Waals surface area (Å²) in [5.74, 6) is -0.865. The number of carbonyl (C=O) groups is 1. The Bertz CT molecular complexity index is 383. The van der Waals surface area contributed by atoms with Crippen LogP contribution in [0.25, 0.3) is 6.08 Å². The van der Waals surface area contributed by atoms with E-state index in [2.05, 4.69) is 0 Å². The van der Waals surface area contributed by atoms with E-state index in [9.17, 15) is 4.79 Å². The third-order valence-corrected chi connectivity index (χ3v) is 2.18. The van der Waals surface area contributed by atoms with Gasteiger partial charge in [-0.2, -0.15) is 0 Å². The molecule has 0 aromatic heterocycles. The average Bonchev–Trinajstić information content (AvgIpc) is 2.25. The minimum absolute atomic E-state index is 0.407. The molecule has 0 bridgehead atoms. The van der Waals surface area contributed by atoms with Crippen molar-refractivity contribution in [1.82, 2.24) is 0 Å². The second kappa shape index (κ2) is 5.32. The Morgan fingerprint density at radius 2 is 2.27 bits per heavy atom. The molecule has 0 amide bonds. The van der Waals surface area contributed by atoms with Crippen LogP contribution in [-0.4, -0.2) is 11.1 Å². The molecule has 3 N–H and O–H groups in total. The van der Waals surface area contributed by atoms with Crippen LogP contribution in [0.5, 0.6) is 0 Å². The Balaban J connectivity index is 3.00. The van der Waals surface area contributed by atoms with Crippen LogP contribution < -0.4 is 5.73 Å². The van der Waals surface area contributed by atoms with Crippen LogP contribution in [-0.2, 0) is 11.3 Å². The van der Waals surface area contributed by atoms with E-state index in [0.29, 0.717) is 18.5 Å². The first-order valence-corrected chi connectivity index (χ1v) is 4.90. The predicted molar refractivity (Wildman–Crippen MR) is 60.2 cm³/mol. The monoisotopic (exact) mass is 205 g/mol. The van der Waals surface area contributed by atoms with Gasteiger partial charge in [0.25, 0.3) is 0 Å². The van der Waals surface area contributed by atoms with Crippen molar-refractivity contribution in [3.63, 3.8) is 0 Å². The highest BCUT2D eigenvalue weighted by Crippen LogP contribution is 2.11. The van der Waals surface area contributed by atoms with E-state index in [4.69, 9.17) is 10.8 Å². The lowest BCUT2D eigenvalue weighted by Crippen LogP contribution is -1.99. The summed E-state index contributed by atoms with van der Waals surface area (Å²) in [6.45, 7) is 2.29. The number of benzene rings is 1. The molecule has 3 nitrogen and oxygen atoms in total. The maximum atomic E-state index is 10.8. The van der Waals surface area contributed by atoms with Gasteiger partial charge in [-0.1, -0.05) is 31.2 Å². The molecule has 1 aromatic carbocycles. The largest absolute Gasteiger partial charge is 0.478 e. The van der Waals surface area contributed by atoms with Crippen molar-refractivity contribution in [1.29, 1.82) is 0 Å². The lowest BCUT2D eigenvalue weighted by atomic mass is 10.1. The van der Waals surface area contributed by atoms with Crippen molar-refractivity contribution in [2.75, 3.05) is 0 Å². The molecule has 0 spiro atoms. The normalized spacial score (nSPS) is 11.5. The fourth-order valence-corrected chi connectivity index (χ4v) is 1.33. The van der Waals surface area contributed by atoms with E-state index in [1.54, 1.807) is 6.08 Å². The van der Waals surface area contributed by atoms with Crippen molar-refractivity contribution in [3.05, 3.63) is 41.0 Å². The first-order valence-electron chi connectivity index (χ1n) is 4.90. The molecule has 0 heterocycles. The molecular formula is C12H15NO2. The molecule has 0 saturated heterocycles. The molecule has 0 saturated carbocycles. The maximum absolute atomic E-state index is 10.8. The minimum Gasteiger partial charge on any atom is -0.478 e. The number of hydrogen-bond acceptors (Lipinski definition) is 2. The lowest BCUT2D eigenvalue weighted by molar-refractivity contribution is -0.132. The van der Waals surface area contributed by atoms with Crippen LogP contribution in [0.1, 0.15) is 24.5 Å². The van der Waals surface area contributed by atoms with Gasteiger partial charge in [-0.25, -0.2) is 4.79 Å². The van der Waals surface area contributed by atoms with Crippen LogP contribution >= 0.6 is 0 Å². The molecular weight excluding hydrogens is 190 g/mol. The molecule has 80 valence electrons. The number of hydrogen-bond donors (Lipinski definition) is 2. The van der Waals surface area contributed by atoms with Gasteiger partial charge in [0.2, 0.25) is 0 Å². The minimum atomic E-state index is -0.865. The zero-order chi connectivity index (χ0) is 11.3. The first kappa shape index (κ1) is 11.5. The molecule has 0 aliphatic heterocycles. The molecule has 1 rings (SSSR count). The van der Waals surface area contributed by atoms with Gasteiger partial charge in [-0.15, -0.1) is 0 Å². The Hall–Kier alpha value is -1.61. The molecule has 0 aliphatic rings. The summed E-state index contributed by atoms with van der Waals surface area (Å²) in [6.07, 6.45) is 2.20. The fourth-order valence-electron chi connectivity index (χ4n) is 1.33. The number of aliphatic carboxylic acids is 1. The number of carboxylic acid groups (broad SMARTS) is 1. The van der Waals surface area contributed by atoms with Crippen molar-refractivity contribution in [3.8, 4) is 0 Å². The summed E-state index contributed by atoms with van der Waals surface area (Å²) >= 11 is 0. The van der Waals surface area contributed by atoms with Gasteiger partial charge in [-0.3, -0.25) is 0 Å². The van der Waals surface area contributed by atoms with Gasteiger partial charge in [-0.05, 0) is 23.6 Å². The Labute approximate surface area is 89.2 Å². The standard InChI is InChI=1S/C12H15NO2/c1-2-11(12(14)15)7-9-4-3-5-10(6-9)8-13/h3-7H,2,8,13H2,1H3,(H,14,15). The molecule has 3 heteroatoms. The Morgan fingerprint density at radius 1 is 1.53 bits per heavy atom. The summed E-state index contributed by atoms with van der Waals surface area (Å²) in [4.78, 5) is 10.8. The SMILES string of the molecule is CCC(=Cc1cccc(CN)c1)C(=O)O. The highest BCUT2D eigenvalue weighted by atomic mass is 16.4. The average molecular weight is 205 g/mol. The van der Waals surface area contributed by atoms with Crippen molar-refractivity contribution in [2.24, 2.45) is 5.73 Å².